The van der Waals surface area contributed by atoms with Gasteiger partial charge in [0.1, 0.15) is 23.1 Å². The molecule has 2 aromatic rings. The highest BCUT2D eigenvalue weighted by Gasteiger charge is 2.28. The molecule has 4 nitrogen and oxygen atoms in total. The van der Waals surface area contributed by atoms with E-state index in [9.17, 15) is 13.2 Å². The van der Waals surface area contributed by atoms with E-state index < -0.39 is 19.1 Å². The number of benzene rings is 1. The van der Waals surface area contributed by atoms with Crippen molar-refractivity contribution in [1.29, 1.82) is 5.26 Å². The van der Waals surface area contributed by atoms with Crippen LogP contribution in [0.2, 0.25) is 0 Å². The van der Waals surface area contributed by atoms with Crippen LogP contribution in [0.15, 0.2) is 28.7 Å². The number of halogens is 4. The summed E-state index contributed by atoms with van der Waals surface area (Å²) >= 11 is 3.28. The fraction of sp³-hybridized carbons (Fsp3) is 0.231. The summed E-state index contributed by atoms with van der Waals surface area (Å²) in [5, 5.41) is 13.2. The van der Waals surface area contributed by atoms with Crippen LogP contribution in [-0.2, 0) is 6.54 Å². The molecule has 1 aromatic heterocycles. The van der Waals surface area contributed by atoms with E-state index in [0.717, 1.165) is 9.15 Å². The second-order valence-electron chi connectivity index (χ2n) is 4.32. The summed E-state index contributed by atoms with van der Waals surface area (Å²) in [6, 6.07) is 8.81. The van der Waals surface area contributed by atoms with Gasteiger partial charge in [0, 0.05) is 10.0 Å². The summed E-state index contributed by atoms with van der Waals surface area (Å²) in [4.78, 5) is 0. The fourth-order valence-corrected chi connectivity index (χ4v) is 2.06. The van der Waals surface area contributed by atoms with Crippen LogP contribution >= 0.6 is 15.9 Å². The summed E-state index contributed by atoms with van der Waals surface area (Å²) < 4.78 is 38.7. The molecule has 0 aliphatic rings. The third kappa shape index (κ3) is 3.55. The molecule has 0 bridgehead atoms. The highest BCUT2D eigenvalue weighted by molar-refractivity contribution is 9.10. The minimum Gasteiger partial charge on any atom is -0.383 e. The maximum atomic E-state index is 12.3. The molecular formula is C13H10BrF3N4. The normalized spacial score (nSPS) is 11.4. The zero-order valence-electron chi connectivity index (χ0n) is 10.7. The van der Waals surface area contributed by atoms with E-state index in [1.807, 2.05) is 6.07 Å². The van der Waals surface area contributed by atoms with Gasteiger partial charge >= 0.3 is 6.18 Å². The molecule has 2 rings (SSSR count). The summed E-state index contributed by atoms with van der Waals surface area (Å²) in [5.41, 5.74) is 6.70. The number of nitrogens with zero attached hydrogens (tertiary/aromatic N) is 3. The second kappa shape index (κ2) is 5.77. The predicted molar refractivity (Wildman–Crippen MR) is 75.2 cm³/mol. The van der Waals surface area contributed by atoms with Gasteiger partial charge in [-0.2, -0.15) is 23.5 Å². The van der Waals surface area contributed by atoms with Gasteiger partial charge in [0.15, 0.2) is 0 Å². The van der Waals surface area contributed by atoms with E-state index in [4.69, 9.17) is 11.0 Å². The van der Waals surface area contributed by atoms with Crippen molar-refractivity contribution in [3.05, 3.63) is 34.3 Å². The van der Waals surface area contributed by atoms with E-state index in [1.165, 1.54) is 0 Å². The number of alkyl halides is 3. The van der Waals surface area contributed by atoms with Gasteiger partial charge < -0.3 is 5.73 Å². The first-order valence-corrected chi connectivity index (χ1v) is 6.70. The van der Waals surface area contributed by atoms with Gasteiger partial charge in [-0.3, -0.25) is 0 Å². The number of aryl methyl sites for hydroxylation is 1. The van der Waals surface area contributed by atoms with Crippen molar-refractivity contribution < 1.29 is 13.2 Å². The Morgan fingerprint density at radius 2 is 1.90 bits per heavy atom. The number of nitrogen functional groups attached to an aromatic ring is 1. The third-order valence-corrected chi connectivity index (χ3v) is 3.36. The monoisotopic (exact) mass is 358 g/mol. The van der Waals surface area contributed by atoms with Gasteiger partial charge in [-0.25, -0.2) is 4.68 Å². The lowest BCUT2D eigenvalue weighted by Gasteiger charge is -2.07. The Labute approximate surface area is 127 Å². The highest BCUT2D eigenvalue weighted by atomic mass is 79.9. The Morgan fingerprint density at radius 1 is 1.29 bits per heavy atom. The molecule has 2 N–H and O–H groups in total. The van der Waals surface area contributed by atoms with Crippen molar-refractivity contribution in [1.82, 2.24) is 9.78 Å². The van der Waals surface area contributed by atoms with Crippen LogP contribution in [0.4, 0.5) is 19.0 Å². The van der Waals surface area contributed by atoms with Crippen LogP contribution in [0.1, 0.15) is 12.0 Å². The largest absolute Gasteiger partial charge is 0.390 e. The van der Waals surface area contributed by atoms with Crippen molar-refractivity contribution in [3.8, 4) is 17.3 Å². The van der Waals surface area contributed by atoms with Crippen LogP contribution in [0.25, 0.3) is 11.3 Å². The number of hydrogen-bond acceptors (Lipinski definition) is 3. The molecule has 0 atom stereocenters. The number of hydrogen-bond donors (Lipinski definition) is 1. The SMILES string of the molecule is N#Cc1c(-c2ccc(Br)cc2)nn(CCC(F)(F)F)c1N. The Balaban J connectivity index is 2.39. The third-order valence-electron chi connectivity index (χ3n) is 2.83. The molecule has 21 heavy (non-hydrogen) atoms. The van der Waals surface area contributed by atoms with Crippen molar-refractivity contribution in [3.63, 3.8) is 0 Å². The van der Waals surface area contributed by atoms with Crippen molar-refractivity contribution in [2.24, 2.45) is 0 Å². The lowest BCUT2D eigenvalue weighted by molar-refractivity contribution is -0.137. The molecule has 0 saturated heterocycles. The van der Waals surface area contributed by atoms with Crippen LogP contribution in [0, 0.1) is 11.3 Å². The molecule has 1 aromatic carbocycles. The summed E-state index contributed by atoms with van der Waals surface area (Å²) in [5.74, 6) is -0.0559. The molecule has 0 radical (unpaired) electrons. The first-order chi connectivity index (χ1) is 9.81. The van der Waals surface area contributed by atoms with Gasteiger partial charge in [0.2, 0.25) is 0 Å². The molecule has 8 heteroatoms. The molecule has 0 spiro atoms. The fourth-order valence-electron chi connectivity index (χ4n) is 1.80. The Morgan fingerprint density at radius 3 is 2.43 bits per heavy atom. The van der Waals surface area contributed by atoms with Crippen LogP contribution in [-0.4, -0.2) is 16.0 Å². The van der Waals surface area contributed by atoms with Crippen molar-refractivity contribution in [2.75, 3.05) is 5.73 Å². The number of nitriles is 1. The second-order valence-corrected chi connectivity index (χ2v) is 5.23. The molecule has 0 unspecified atom stereocenters. The van der Waals surface area contributed by atoms with Gasteiger partial charge in [-0.15, -0.1) is 0 Å². The molecule has 0 saturated carbocycles. The zero-order valence-corrected chi connectivity index (χ0v) is 12.2. The van der Waals surface area contributed by atoms with Crippen LogP contribution in [0.3, 0.4) is 0 Å². The minimum atomic E-state index is -4.30. The van der Waals surface area contributed by atoms with Crippen LogP contribution in [0.5, 0.6) is 0 Å². The topological polar surface area (TPSA) is 67.6 Å². The number of anilines is 1. The predicted octanol–water partition coefficient (Wildman–Crippen LogP) is 3.72. The van der Waals surface area contributed by atoms with Gasteiger partial charge in [-0.05, 0) is 12.1 Å². The molecular weight excluding hydrogens is 349 g/mol. The Bertz CT molecular complexity index is 683. The zero-order chi connectivity index (χ0) is 15.6. The summed E-state index contributed by atoms with van der Waals surface area (Å²) in [7, 11) is 0. The quantitative estimate of drug-likeness (QED) is 0.908. The molecule has 0 amide bonds. The lowest BCUT2D eigenvalue weighted by atomic mass is 10.1. The van der Waals surface area contributed by atoms with E-state index in [-0.39, 0.29) is 17.1 Å². The molecule has 0 aliphatic heterocycles. The maximum Gasteiger partial charge on any atom is 0.390 e. The number of rotatable bonds is 3. The smallest absolute Gasteiger partial charge is 0.383 e. The molecule has 1 heterocycles. The summed E-state index contributed by atoms with van der Waals surface area (Å²) in [6.07, 6.45) is -5.35. The Hall–Kier alpha value is -2.01. The van der Waals surface area contributed by atoms with Crippen LogP contribution < -0.4 is 5.73 Å². The minimum absolute atomic E-state index is 0.0559. The number of aromatic nitrogens is 2. The van der Waals surface area contributed by atoms with Gasteiger partial charge in [0.25, 0.3) is 0 Å². The van der Waals surface area contributed by atoms with E-state index in [1.54, 1.807) is 24.3 Å². The average Bonchev–Trinajstić information content (AvgIpc) is 2.73. The molecule has 0 fully saturated rings. The van der Waals surface area contributed by atoms with Gasteiger partial charge in [-0.1, -0.05) is 28.1 Å². The average molecular weight is 359 g/mol. The summed E-state index contributed by atoms with van der Waals surface area (Å²) in [6.45, 7) is -0.416. The standard InChI is InChI=1S/C13H10BrF3N4/c14-9-3-1-8(2-4-9)11-10(7-18)12(19)21(20-11)6-5-13(15,16)17/h1-4H,5-6,19H2. The van der Waals surface area contributed by atoms with E-state index in [0.29, 0.717) is 5.56 Å². The Kier molecular flexibility index (Phi) is 4.23. The first kappa shape index (κ1) is 15.4. The molecule has 0 aliphatic carbocycles. The van der Waals surface area contributed by atoms with Crippen molar-refractivity contribution >= 4 is 21.7 Å². The van der Waals surface area contributed by atoms with E-state index in [2.05, 4.69) is 21.0 Å². The molecule has 110 valence electrons. The number of nitrogens with two attached hydrogens (primary N) is 1. The first-order valence-electron chi connectivity index (χ1n) is 5.91. The van der Waals surface area contributed by atoms with Gasteiger partial charge in [0.05, 0.1) is 13.0 Å². The van der Waals surface area contributed by atoms with Crippen molar-refractivity contribution in [2.45, 2.75) is 19.1 Å². The van der Waals surface area contributed by atoms with E-state index >= 15 is 0 Å². The lowest BCUT2D eigenvalue weighted by Crippen LogP contribution is -2.14. The highest BCUT2D eigenvalue weighted by Crippen LogP contribution is 2.29. The maximum absolute atomic E-state index is 12.3.